The van der Waals surface area contributed by atoms with Crippen LogP contribution < -0.4 is 0 Å². The fourth-order valence-electron chi connectivity index (χ4n) is 3.62. The number of piperidine rings is 1. The van der Waals surface area contributed by atoms with E-state index in [0.29, 0.717) is 35.5 Å². The van der Waals surface area contributed by atoms with Crippen molar-refractivity contribution in [2.45, 2.75) is 25.2 Å². The minimum Gasteiger partial charge on any atom is -0.342 e. The Morgan fingerprint density at radius 3 is 2.63 bits per heavy atom. The van der Waals surface area contributed by atoms with Gasteiger partial charge in [-0.3, -0.25) is 4.79 Å². The molecule has 1 aliphatic heterocycles. The lowest BCUT2D eigenvalue weighted by atomic mass is 9.92. The van der Waals surface area contributed by atoms with Crippen LogP contribution in [-0.4, -0.2) is 43.6 Å². The standard InChI is InChI=1S/C19H19Cl2N5O/c1-25-19-18(22-6-7-23-19)17(24-25)13-4-8-26(9-5-13)16(27)11-12-2-3-14(20)15(21)10-12/h2-3,6-7,10,13H,4-5,8-9,11H2,1H3. The summed E-state index contributed by atoms with van der Waals surface area (Å²) < 4.78 is 1.78. The summed E-state index contributed by atoms with van der Waals surface area (Å²) in [6, 6.07) is 5.33. The molecule has 4 rings (SSSR count). The van der Waals surface area contributed by atoms with Crippen molar-refractivity contribution >= 4 is 40.3 Å². The maximum Gasteiger partial charge on any atom is 0.226 e. The lowest BCUT2D eigenvalue weighted by Crippen LogP contribution is -2.38. The average Bonchev–Trinajstić information content (AvgIpc) is 3.02. The molecule has 1 aromatic carbocycles. The number of carbonyl (C=O) groups excluding carboxylic acids is 1. The molecule has 0 aliphatic carbocycles. The molecule has 1 amide bonds. The highest BCUT2D eigenvalue weighted by atomic mass is 35.5. The van der Waals surface area contributed by atoms with Crippen LogP contribution in [0.3, 0.4) is 0 Å². The Balaban J connectivity index is 1.42. The summed E-state index contributed by atoms with van der Waals surface area (Å²) in [5.41, 5.74) is 3.52. The van der Waals surface area contributed by atoms with E-state index in [0.717, 1.165) is 35.3 Å². The molecule has 0 radical (unpaired) electrons. The fourth-order valence-corrected chi connectivity index (χ4v) is 3.94. The molecule has 0 spiro atoms. The van der Waals surface area contributed by atoms with Gasteiger partial charge in [-0.2, -0.15) is 5.10 Å². The molecular formula is C19H19Cl2N5O. The molecule has 0 N–H and O–H groups in total. The quantitative estimate of drug-likeness (QED) is 0.669. The van der Waals surface area contributed by atoms with Crippen LogP contribution in [0.2, 0.25) is 10.0 Å². The Morgan fingerprint density at radius 2 is 1.89 bits per heavy atom. The highest BCUT2D eigenvalue weighted by molar-refractivity contribution is 6.42. The van der Waals surface area contributed by atoms with E-state index in [1.165, 1.54) is 0 Å². The third kappa shape index (κ3) is 3.64. The summed E-state index contributed by atoms with van der Waals surface area (Å²) in [6.45, 7) is 1.42. The highest BCUT2D eigenvalue weighted by Crippen LogP contribution is 2.31. The number of benzene rings is 1. The molecule has 0 atom stereocenters. The fraction of sp³-hybridized carbons (Fsp3) is 0.368. The van der Waals surface area contributed by atoms with E-state index < -0.39 is 0 Å². The van der Waals surface area contributed by atoms with Gasteiger partial charge in [-0.1, -0.05) is 29.3 Å². The maximum absolute atomic E-state index is 12.6. The van der Waals surface area contributed by atoms with Crippen LogP contribution in [0.25, 0.3) is 11.2 Å². The number of halogens is 2. The highest BCUT2D eigenvalue weighted by Gasteiger charge is 2.27. The SMILES string of the molecule is Cn1nc(C2CCN(C(=O)Cc3ccc(Cl)c(Cl)c3)CC2)c2nccnc21. The van der Waals surface area contributed by atoms with Gasteiger partial charge in [-0.05, 0) is 30.5 Å². The van der Waals surface area contributed by atoms with Gasteiger partial charge in [0.05, 0.1) is 22.2 Å². The second-order valence-electron chi connectivity index (χ2n) is 6.82. The van der Waals surface area contributed by atoms with Crippen molar-refractivity contribution < 1.29 is 4.79 Å². The van der Waals surface area contributed by atoms with Gasteiger partial charge in [0.2, 0.25) is 5.91 Å². The van der Waals surface area contributed by atoms with Crippen LogP contribution in [0.4, 0.5) is 0 Å². The van der Waals surface area contributed by atoms with Gasteiger partial charge in [-0.15, -0.1) is 0 Å². The Morgan fingerprint density at radius 1 is 1.15 bits per heavy atom. The topological polar surface area (TPSA) is 63.9 Å². The first-order valence-electron chi connectivity index (χ1n) is 8.88. The molecular weight excluding hydrogens is 385 g/mol. The summed E-state index contributed by atoms with van der Waals surface area (Å²) in [5.74, 6) is 0.400. The molecule has 6 nitrogen and oxygen atoms in total. The van der Waals surface area contributed by atoms with Gasteiger partial charge in [0, 0.05) is 38.4 Å². The van der Waals surface area contributed by atoms with E-state index in [1.54, 1.807) is 29.2 Å². The zero-order valence-electron chi connectivity index (χ0n) is 14.9. The van der Waals surface area contributed by atoms with E-state index in [-0.39, 0.29) is 5.91 Å². The summed E-state index contributed by atoms with van der Waals surface area (Å²) in [7, 11) is 1.89. The summed E-state index contributed by atoms with van der Waals surface area (Å²) in [6.07, 6.45) is 5.45. The van der Waals surface area contributed by atoms with Crippen LogP contribution in [0, 0.1) is 0 Å². The number of amides is 1. The van der Waals surface area contributed by atoms with Gasteiger partial charge < -0.3 is 4.90 Å². The third-order valence-electron chi connectivity index (χ3n) is 5.06. The molecule has 8 heteroatoms. The molecule has 0 bridgehead atoms. The van der Waals surface area contributed by atoms with E-state index in [1.807, 2.05) is 18.0 Å². The number of carbonyl (C=O) groups is 1. The summed E-state index contributed by atoms with van der Waals surface area (Å²) >= 11 is 12.0. The van der Waals surface area contributed by atoms with Crippen LogP contribution >= 0.6 is 23.2 Å². The van der Waals surface area contributed by atoms with Crippen molar-refractivity contribution in [3.63, 3.8) is 0 Å². The van der Waals surface area contributed by atoms with Gasteiger partial charge in [0.25, 0.3) is 0 Å². The number of hydrogen-bond acceptors (Lipinski definition) is 4. The predicted molar refractivity (Wildman–Crippen MR) is 105 cm³/mol. The van der Waals surface area contributed by atoms with Gasteiger partial charge in [-0.25, -0.2) is 14.6 Å². The van der Waals surface area contributed by atoms with E-state index in [9.17, 15) is 4.79 Å². The first-order valence-corrected chi connectivity index (χ1v) is 9.64. The average molecular weight is 404 g/mol. The van der Waals surface area contributed by atoms with Crippen LogP contribution in [-0.2, 0) is 18.3 Å². The summed E-state index contributed by atoms with van der Waals surface area (Å²) in [4.78, 5) is 23.3. The van der Waals surface area contributed by atoms with E-state index >= 15 is 0 Å². The molecule has 27 heavy (non-hydrogen) atoms. The monoisotopic (exact) mass is 403 g/mol. The first-order chi connectivity index (χ1) is 13.0. The smallest absolute Gasteiger partial charge is 0.226 e. The number of rotatable bonds is 3. The number of aromatic nitrogens is 4. The number of nitrogens with zero attached hydrogens (tertiary/aromatic N) is 5. The summed E-state index contributed by atoms with van der Waals surface area (Å²) in [5, 5.41) is 5.61. The molecule has 0 saturated carbocycles. The zero-order chi connectivity index (χ0) is 19.0. The van der Waals surface area contributed by atoms with Crippen molar-refractivity contribution in [1.29, 1.82) is 0 Å². The number of likely N-dealkylation sites (tertiary alicyclic amines) is 1. The molecule has 140 valence electrons. The second-order valence-corrected chi connectivity index (χ2v) is 7.63. The Kier molecular flexibility index (Phi) is 5.02. The Bertz CT molecular complexity index is 995. The van der Waals surface area contributed by atoms with Gasteiger partial charge in [0.15, 0.2) is 5.65 Å². The van der Waals surface area contributed by atoms with Crippen LogP contribution in [0.15, 0.2) is 30.6 Å². The molecule has 3 heterocycles. The van der Waals surface area contributed by atoms with E-state index in [2.05, 4.69) is 15.1 Å². The minimum atomic E-state index is 0.109. The molecule has 3 aromatic rings. The zero-order valence-corrected chi connectivity index (χ0v) is 16.4. The Labute approximate surface area is 167 Å². The number of fused-ring (bicyclic) bond motifs is 1. The van der Waals surface area contributed by atoms with Gasteiger partial charge in [0.1, 0.15) is 5.52 Å². The normalized spacial score (nSPS) is 15.4. The lowest BCUT2D eigenvalue weighted by Gasteiger charge is -2.31. The number of aryl methyl sites for hydroxylation is 1. The first kappa shape index (κ1) is 18.2. The van der Waals surface area contributed by atoms with Crippen molar-refractivity contribution in [3.05, 3.63) is 51.9 Å². The third-order valence-corrected chi connectivity index (χ3v) is 5.80. The minimum absolute atomic E-state index is 0.109. The largest absolute Gasteiger partial charge is 0.342 e. The van der Waals surface area contributed by atoms with Crippen LogP contribution in [0.5, 0.6) is 0 Å². The maximum atomic E-state index is 12.6. The van der Waals surface area contributed by atoms with Crippen molar-refractivity contribution in [3.8, 4) is 0 Å². The molecule has 2 aromatic heterocycles. The number of hydrogen-bond donors (Lipinski definition) is 0. The Hall–Kier alpha value is -2.18. The lowest BCUT2D eigenvalue weighted by molar-refractivity contribution is -0.131. The molecule has 1 fully saturated rings. The second kappa shape index (κ2) is 7.44. The predicted octanol–water partition coefficient (Wildman–Crippen LogP) is 3.62. The van der Waals surface area contributed by atoms with Gasteiger partial charge >= 0.3 is 0 Å². The van der Waals surface area contributed by atoms with Crippen molar-refractivity contribution in [2.24, 2.45) is 7.05 Å². The van der Waals surface area contributed by atoms with Crippen LogP contribution in [0.1, 0.15) is 30.0 Å². The van der Waals surface area contributed by atoms with Crippen molar-refractivity contribution in [2.75, 3.05) is 13.1 Å². The van der Waals surface area contributed by atoms with Crippen molar-refractivity contribution in [1.82, 2.24) is 24.6 Å². The molecule has 1 saturated heterocycles. The molecule has 0 unspecified atom stereocenters. The van der Waals surface area contributed by atoms with E-state index in [4.69, 9.17) is 23.2 Å². The molecule has 1 aliphatic rings.